The summed E-state index contributed by atoms with van der Waals surface area (Å²) in [5.41, 5.74) is 2.69. The lowest BCUT2D eigenvalue weighted by molar-refractivity contribution is -0.118. The molecule has 0 saturated heterocycles. The lowest BCUT2D eigenvalue weighted by Gasteiger charge is -2.09. The highest BCUT2D eigenvalue weighted by molar-refractivity contribution is 5.72. The number of carbonyl (C=O) groups excluding carboxylic acids is 1. The summed E-state index contributed by atoms with van der Waals surface area (Å²) in [6.45, 7) is 6.62. The van der Waals surface area contributed by atoms with Gasteiger partial charge in [-0.15, -0.1) is 0 Å². The summed E-state index contributed by atoms with van der Waals surface area (Å²) in [4.78, 5) is 15.2. The molecule has 2 aromatic heterocycles. The van der Waals surface area contributed by atoms with Crippen LogP contribution in [0.5, 0.6) is 0 Å². The minimum atomic E-state index is -0.0252. The monoisotopic (exact) mass is 247 g/mol. The number of carbonyl (C=O) groups is 1. The minimum Gasteiger partial charge on any atom is -0.368 e. The largest absolute Gasteiger partial charge is 0.368 e. The Kier molecular flexibility index (Phi) is 3.45. The molecule has 0 unspecified atom stereocenters. The lowest BCUT2D eigenvalue weighted by atomic mass is 10.4. The summed E-state index contributed by atoms with van der Waals surface area (Å²) >= 11 is 0. The summed E-state index contributed by atoms with van der Waals surface area (Å²) in [7, 11) is 0. The number of fused-ring (bicyclic) bond motifs is 1. The van der Waals surface area contributed by atoms with E-state index in [1.54, 1.807) is 4.52 Å². The van der Waals surface area contributed by atoms with Crippen molar-refractivity contribution in [2.45, 2.75) is 20.8 Å². The van der Waals surface area contributed by atoms with Gasteiger partial charge in [0.15, 0.2) is 5.65 Å². The number of nitrogens with zero attached hydrogens (tertiary/aromatic N) is 3. The fourth-order valence-electron chi connectivity index (χ4n) is 1.77. The van der Waals surface area contributed by atoms with Gasteiger partial charge in [0, 0.05) is 37.8 Å². The molecule has 1 amide bonds. The molecule has 0 fully saturated rings. The van der Waals surface area contributed by atoms with E-state index >= 15 is 0 Å². The Morgan fingerprint density at radius 3 is 2.78 bits per heavy atom. The van der Waals surface area contributed by atoms with Crippen molar-refractivity contribution in [2.75, 3.05) is 18.4 Å². The Hall–Kier alpha value is -2.11. The Morgan fingerprint density at radius 2 is 2.06 bits per heavy atom. The fraction of sp³-hybridized carbons (Fsp3) is 0.417. The first-order valence-corrected chi connectivity index (χ1v) is 5.88. The third kappa shape index (κ3) is 2.77. The first-order valence-electron chi connectivity index (χ1n) is 5.88. The van der Waals surface area contributed by atoms with E-state index < -0.39 is 0 Å². The van der Waals surface area contributed by atoms with Gasteiger partial charge in [0.1, 0.15) is 5.82 Å². The van der Waals surface area contributed by atoms with Gasteiger partial charge in [-0.2, -0.15) is 9.61 Å². The normalized spacial score (nSPS) is 10.6. The van der Waals surface area contributed by atoms with Crippen molar-refractivity contribution in [2.24, 2.45) is 0 Å². The van der Waals surface area contributed by atoms with Gasteiger partial charge in [-0.05, 0) is 13.8 Å². The Labute approximate surface area is 105 Å². The lowest BCUT2D eigenvalue weighted by Crippen LogP contribution is -2.26. The average molecular weight is 247 g/mol. The maximum Gasteiger partial charge on any atom is 0.216 e. The molecule has 0 atom stereocenters. The quantitative estimate of drug-likeness (QED) is 0.787. The number of aryl methyl sites for hydroxylation is 2. The third-order valence-electron chi connectivity index (χ3n) is 2.48. The van der Waals surface area contributed by atoms with Gasteiger partial charge in [-0.3, -0.25) is 4.79 Å². The van der Waals surface area contributed by atoms with E-state index in [0.29, 0.717) is 13.1 Å². The van der Waals surface area contributed by atoms with Crippen molar-refractivity contribution < 1.29 is 4.79 Å². The van der Waals surface area contributed by atoms with Crippen molar-refractivity contribution in [1.29, 1.82) is 0 Å². The number of aromatic nitrogens is 3. The van der Waals surface area contributed by atoms with Crippen LogP contribution in [0, 0.1) is 13.8 Å². The van der Waals surface area contributed by atoms with Gasteiger partial charge in [0.2, 0.25) is 5.91 Å². The van der Waals surface area contributed by atoms with E-state index in [1.165, 1.54) is 6.92 Å². The Bertz CT molecular complexity index is 575. The van der Waals surface area contributed by atoms with Crippen molar-refractivity contribution in [3.8, 4) is 0 Å². The summed E-state index contributed by atoms with van der Waals surface area (Å²) in [5, 5.41) is 10.4. The van der Waals surface area contributed by atoms with Gasteiger partial charge < -0.3 is 10.6 Å². The summed E-state index contributed by atoms with van der Waals surface area (Å²) in [5.74, 6) is 0.860. The zero-order valence-electron chi connectivity index (χ0n) is 10.8. The van der Waals surface area contributed by atoms with Crippen LogP contribution in [0.1, 0.15) is 18.3 Å². The van der Waals surface area contributed by atoms with Crippen LogP contribution in [0.15, 0.2) is 12.1 Å². The second kappa shape index (κ2) is 5.03. The zero-order chi connectivity index (χ0) is 13.1. The molecule has 0 radical (unpaired) electrons. The Balaban J connectivity index is 2.14. The molecule has 6 nitrogen and oxygen atoms in total. The SMILES string of the molecule is CC(=O)NCCNc1cc(C)nc2cc(C)nn12. The first-order chi connectivity index (χ1) is 8.56. The molecule has 0 saturated carbocycles. The van der Waals surface area contributed by atoms with Crippen molar-refractivity contribution in [1.82, 2.24) is 19.9 Å². The minimum absolute atomic E-state index is 0.0252. The van der Waals surface area contributed by atoms with Crippen LogP contribution in [0.4, 0.5) is 5.82 Å². The standard InChI is InChI=1S/C12H17N5O/c1-8-6-11(14-5-4-13-10(3)18)17-12(15-8)7-9(2)16-17/h6-7,14H,4-5H2,1-3H3,(H,13,18). The number of anilines is 1. The molecule has 2 heterocycles. The summed E-state index contributed by atoms with van der Waals surface area (Å²) in [6, 6.07) is 3.87. The maximum absolute atomic E-state index is 10.8. The van der Waals surface area contributed by atoms with Crippen molar-refractivity contribution in [3.63, 3.8) is 0 Å². The highest BCUT2D eigenvalue weighted by Gasteiger charge is 2.05. The molecule has 0 aliphatic rings. The summed E-state index contributed by atoms with van der Waals surface area (Å²) < 4.78 is 1.77. The van der Waals surface area contributed by atoms with Crippen LogP contribution in [-0.4, -0.2) is 33.6 Å². The van der Waals surface area contributed by atoms with Crippen LogP contribution in [0.2, 0.25) is 0 Å². The number of nitrogens with one attached hydrogen (secondary N) is 2. The highest BCUT2D eigenvalue weighted by atomic mass is 16.1. The number of hydrogen-bond acceptors (Lipinski definition) is 4. The van der Waals surface area contributed by atoms with E-state index in [9.17, 15) is 4.79 Å². The van der Waals surface area contributed by atoms with Crippen molar-refractivity contribution >= 4 is 17.4 Å². The molecule has 96 valence electrons. The number of rotatable bonds is 4. The van der Waals surface area contributed by atoms with Crippen molar-refractivity contribution in [3.05, 3.63) is 23.5 Å². The van der Waals surface area contributed by atoms with E-state index in [0.717, 1.165) is 22.9 Å². The average Bonchev–Trinajstić information content (AvgIpc) is 2.64. The Morgan fingerprint density at radius 1 is 1.28 bits per heavy atom. The molecule has 0 aliphatic carbocycles. The molecule has 2 N–H and O–H groups in total. The molecule has 18 heavy (non-hydrogen) atoms. The van der Waals surface area contributed by atoms with Crippen LogP contribution < -0.4 is 10.6 Å². The molecular formula is C12H17N5O. The topological polar surface area (TPSA) is 71.3 Å². The van der Waals surface area contributed by atoms with Crippen LogP contribution in [0.3, 0.4) is 0 Å². The highest BCUT2D eigenvalue weighted by Crippen LogP contribution is 2.13. The zero-order valence-corrected chi connectivity index (χ0v) is 10.8. The van der Waals surface area contributed by atoms with E-state index in [4.69, 9.17) is 0 Å². The molecule has 0 aromatic carbocycles. The van der Waals surface area contributed by atoms with Gasteiger partial charge in [0.25, 0.3) is 0 Å². The third-order valence-corrected chi connectivity index (χ3v) is 2.48. The van der Waals surface area contributed by atoms with Crippen LogP contribution in [-0.2, 0) is 4.79 Å². The molecule has 0 bridgehead atoms. The second-order valence-electron chi connectivity index (χ2n) is 4.25. The van der Waals surface area contributed by atoms with Gasteiger partial charge in [-0.1, -0.05) is 0 Å². The molecule has 0 aliphatic heterocycles. The van der Waals surface area contributed by atoms with Gasteiger partial charge in [0.05, 0.1) is 5.69 Å². The van der Waals surface area contributed by atoms with Crippen LogP contribution in [0.25, 0.3) is 5.65 Å². The number of hydrogen-bond donors (Lipinski definition) is 2. The predicted octanol–water partition coefficient (Wildman–Crippen LogP) is 0.894. The van der Waals surface area contributed by atoms with E-state index in [2.05, 4.69) is 20.7 Å². The van der Waals surface area contributed by atoms with Gasteiger partial charge in [-0.25, -0.2) is 4.98 Å². The fourth-order valence-corrected chi connectivity index (χ4v) is 1.77. The molecule has 6 heteroatoms. The molecular weight excluding hydrogens is 230 g/mol. The molecule has 2 aromatic rings. The smallest absolute Gasteiger partial charge is 0.216 e. The van der Waals surface area contributed by atoms with E-state index in [-0.39, 0.29) is 5.91 Å². The first kappa shape index (κ1) is 12.3. The summed E-state index contributed by atoms with van der Waals surface area (Å²) in [6.07, 6.45) is 0. The maximum atomic E-state index is 10.8. The van der Waals surface area contributed by atoms with E-state index in [1.807, 2.05) is 26.0 Å². The molecule has 2 rings (SSSR count). The van der Waals surface area contributed by atoms with Crippen LogP contribution >= 0.6 is 0 Å². The predicted molar refractivity (Wildman–Crippen MR) is 69.6 cm³/mol. The van der Waals surface area contributed by atoms with Gasteiger partial charge >= 0.3 is 0 Å². The number of amides is 1. The second-order valence-corrected chi connectivity index (χ2v) is 4.25. The molecule has 0 spiro atoms.